The molecule has 134 valence electrons. The maximum atomic E-state index is 12.1. The zero-order chi connectivity index (χ0) is 17.5. The summed E-state index contributed by atoms with van der Waals surface area (Å²) >= 11 is 5.86. The summed E-state index contributed by atoms with van der Waals surface area (Å²) in [6.07, 6.45) is 0. The summed E-state index contributed by atoms with van der Waals surface area (Å²) < 4.78 is 5.74. The van der Waals surface area contributed by atoms with Crippen LogP contribution in [-0.4, -0.2) is 67.1 Å². The molecule has 0 bridgehead atoms. The number of rotatable bonds is 7. The van der Waals surface area contributed by atoms with Crippen LogP contribution in [0.5, 0.6) is 5.75 Å². The minimum absolute atomic E-state index is 0.0696. The molecule has 1 unspecified atom stereocenters. The molecule has 1 heterocycles. The average Bonchev–Trinajstić information content (AvgIpc) is 2.56. The van der Waals surface area contributed by atoms with Crippen molar-refractivity contribution in [1.82, 2.24) is 15.1 Å². The quantitative estimate of drug-likeness (QED) is 0.816. The lowest BCUT2D eigenvalue weighted by Gasteiger charge is -2.37. The van der Waals surface area contributed by atoms with Crippen LogP contribution in [0.4, 0.5) is 0 Å². The number of carbonyl (C=O) groups is 1. The van der Waals surface area contributed by atoms with Crippen LogP contribution in [0.25, 0.3) is 0 Å². The summed E-state index contributed by atoms with van der Waals surface area (Å²) in [5, 5.41) is 3.70. The molecule has 0 radical (unpaired) electrons. The minimum Gasteiger partial charge on any atom is -0.492 e. The fourth-order valence-corrected chi connectivity index (χ4v) is 2.89. The third-order valence-electron chi connectivity index (χ3n) is 4.25. The monoisotopic (exact) mass is 353 g/mol. The van der Waals surface area contributed by atoms with Crippen LogP contribution in [0, 0.1) is 0 Å². The van der Waals surface area contributed by atoms with Crippen molar-refractivity contribution in [1.29, 1.82) is 0 Å². The molecule has 5 nitrogen and oxygen atoms in total. The van der Waals surface area contributed by atoms with Crippen molar-refractivity contribution in [3.05, 3.63) is 29.3 Å². The van der Waals surface area contributed by atoms with E-state index in [4.69, 9.17) is 16.3 Å². The van der Waals surface area contributed by atoms with E-state index in [2.05, 4.69) is 15.1 Å². The van der Waals surface area contributed by atoms with Crippen molar-refractivity contribution >= 4 is 17.5 Å². The molecule has 1 amide bonds. The van der Waals surface area contributed by atoms with Gasteiger partial charge in [-0.1, -0.05) is 11.6 Å². The molecule has 2 rings (SSSR count). The Hall–Kier alpha value is -1.30. The SMILES string of the molecule is CC(C)NC(=O)C(C)N1CCN(CCOc2ccc(Cl)cc2)CC1. The van der Waals surface area contributed by atoms with Crippen molar-refractivity contribution in [3.63, 3.8) is 0 Å². The zero-order valence-corrected chi connectivity index (χ0v) is 15.6. The van der Waals surface area contributed by atoms with E-state index in [-0.39, 0.29) is 18.0 Å². The molecule has 0 spiro atoms. The number of halogens is 1. The van der Waals surface area contributed by atoms with Gasteiger partial charge >= 0.3 is 0 Å². The fraction of sp³-hybridized carbons (Fsp3) is 0.611. The molecule has 24 heavy (non-hydrogen) atoms. The van der Waals surface area contributed by atoms with Crippen molar-refractivity contribution in [2.75, 3.05) is 39.3 Å². The highest BCUT2D eigenvalue weighted by atomic mass is 35.5. The Morgan fingerprint density at radius 2 is 1.79 bits per heavy atom. The highest BCUT2D eigenvalue weighted by Crippen LogP contribution is 2.15. The smallest absolute Gasteiger partial charge is 0.237 e. The van der Waals surface area contributed by atoms with Gasteiger partial charge in [0.25, 0.3) is 0 Å². The van der Waals surface area contributed by atoms with Crippen LogP contribution in [0.15, 0.2) is 24.3 Å². The van der Waals surface area contributed by atoms with E-state index in [0.29, 0.717) is 11.6 Å². The van der Waals surface area contributed by atoms with Crippen molar-refractivity contribution in [2.45, 2.75) is 32.9 Å². The predicted molar refractivity (Wildman–Crippen MR) is 97.7 cm³/mol. The van der Waals surface area contributed by atoms with E-state index in [9.17, 15) is 4.79 Å². The Morgan fingerprint density at radius 3 is 2.38 bits per heavy atom. The number of nitrogens with one attached hydrogen (secondary N) is 1. The van der Waals surface area contributed by atoms with Gasteiger partial charge in [0.1, 0.15) is 12.4 Å². The third-order valence-corrected chi connectivity index (χ3v) is 4.51. The molecule has 1 aromatic rings. The Balaban J connectivity index is 1.67. The molecule has 1 aromatic carbocycles. The maximum absolute atomic E-state index is 12.1. The highest BCUT2D eigenvalue weighted by Gasteiger charge is 2.25. The number of nitrogens with zero attached hydrogens (tertiary/aromatic N) is 2. The number of benzene rings is 1. The van der Waals surface area contributed by atoms with Crippen LogP contribution in [0.1, 0.15) is 20.8 Å². The number of carbonyl (C=O) groups excluding carboxylic acids is 1. The number of piperazine rings is 1. The molecule has 6 heteroatoms. The van der Waals surface area contributed by atoms with Crippen molar-refractivity contribution in [3.8, 4) is 5.75 Å². The first kappa shape index (κ1) is 19.0. The molecule has 1 atom stereocenters. The van der Waals surface area contributed by atoms with Gasteiger partial charge in [0.05, 0.1) is 6.04 Å². The normalized spacial score (nSPS) is 17.7. The number of hydrogen-bond donors (Lipinski definition) is 1. The first-order valence-electron chi connectivity index (χ1n) is 8.61. The molecule has 1 aliphatic heterocycles. The molecule has 1 saturated heterocycles. The number of hydrogen-bond acceptors (Lipinski definition) is 4. The van der Waals surface area contributed by atoms with Gasteiger partial charge < -0.3 is 10.1 Å². The van der Waals surface area contributed by atoms with Crippen molar-refractivity contribution in [2.24, 2.45) is 0 Å². The highest BCUT2D eigenvalue weighted by molar-refractivity contribution is 6.30. The van der Waals surface area contributed by atoms with Gasteiger partial charge in [-0.05, 0) is 45.0 Å². The maximum Gasteiger partial charge on any atom is 0.237 e. The van der Waals surface area contributed by atoms with E-state index in [1.165, 1.54) is 0 Å². The summed E-state index contributed by atoms with van der Waals surface area (Å²) in [6, 6.07) is 7.55. The van der Waals surface area contributed by atoms with Gasteiger partial charge in [-0.2, -0.15) is 0 Å². The van der Waals surface area contributed by atoms with Crippen LogP contribution in [0.3, 0.4) is 0 Å². The summed E-state index contributed by atoms with van der Waals surface area (Å²) in [5.74, 6) is 0.960. The van der Waals surface area contributed by atoms with E-state index < -0.39 is 0 Å². The largest absolute Gasteiger partial charge is 0.492 e. The average molecular weight is 354 g/mol. The van der Waals surface area contributed by atoms with Crippen LogP contribution < -0.4 is 10.1 Å². The Morgan fingerprint density at radius 1 is 1.17 bits per heavy atom. The van der Waals surface area contributed by atoms with Crippen LogP contribution in [-0.2, 0) is 4.79 Å². The topological polar surface area (TPSA) is 44.8 Å². The molecule has 0 saturated carbocycles. The number of ether oxygens (including phenoxy) is 1. The van der Waals surface area contributed by atoms with Gasteiger partial charge in [-0.3, -0.25) is 14.6 Å². The summed E-state index contributed by atoms with van der Waals surface area (Å²) in [5.41, 5.74) is 0. The summed E-state index contributed by atoms with van der Waals surface area (Å²) in [7, 11) is 0. The third kappa shape index (κ3) is 5.96. The number of amides is 1. The minimum atomic E-state index is -0.0696. The molecule has 1 N–H and O–H groups in total. The van der Waals surface area contributed by atoms with Crippen molar-refractivity contribution < 1.29 is 9.53 Å². The molecular weight excluding hydrogens is 326 g/mol. The van der Waals surface area contributed by atoms with E-state index in [1.807, 2.05) is 45.0 Å². The van der Waals surface area contributed by atoms with Gasteiger partial charge in [0.2, 0.25) is 5.91 Å². The van der Waals surface area contributed by atoms with E-state index in [0.717, 1.165) is 38.5 Å². The Kier molecular flexibility index (Phi) is 7.34. The second-order valence-corrected chi connectivity index (χ2v) is 6.96. The predicted octanol–water partition coefficient (Wildman–Crippen LogP) is 2.25. The van der Waals surface area contributed by atoms with Gasteiger partial charge in [-0.25, -0.2) is 0 Å². The molecule has 0 aliphatic carbocycles. The summed E-state index contributed by atoms with van der Waals surface area (Å²) in [6.45, 7) is 11.3. The lowest BCUT2D eigenvalue weighted by atomic mass is 10.2. The van der Waals surface area contributed by atoms with Gasteiger partial charge in [-0.15, -0.1) is 0 Å². The Labute approximate surface area is 149 Å². The Bertz CT molecular complexity index is 514. The standard InChI is InChI=1S/C18H28ClN3O2/c1-14(2)20-18(23)15(3)22-10-8-21(9-11-22)12-13-24-17-6-4-16(19)5-7-17/h4-7,14-15H,8-13H2,1-3H3,(H,20,23). The zero-order valence-electron chi connectivity index (χ0n) is 14.8. The molecule has 1 fully saturated rings. The first-order valence-corrected chi connectivity index (χ1v) is 8.98. The molecular formula is C18H28ClN3O2. The first-order chi connectivity index (χ1) is 11.5. The lowest BCUT2D eigenvalue weighted by molar-refractivity contribution is -0.127. The van der Waals surface area contributed by atoms with Gasteiger partial charge in [0, 0.05) is 43.8 Å². The molecule has 0 aromatic heterocycles. The second-order valence-electron chi connectivity index (χ2n) is 6.52. The fourth-order valence-electron chi connectivity index (χ4n) is 2.77. The lowest BCUT2D eigenvalue weighted by Crippen LogP contribution is -2.54. The van der Waals surface area contributed by atoms with Crippen LogP contribution in [0.2, 0.25) is 5.02 Å². The molecule has 1 aliphatic rings. The van der Waals surface area contributed by atoms with E-state index >= 15 is 0 Å². The van der Waals surface area contributed by atoms with Crippen LogP contribution >= 0.6 is 11.6 Å². The van der Waals surface area contributed by atoms with E-state index in [1.54, 1.807) is 0 Å². The van der Waals surface area contributed by atoms with Gasteiger partial charge in [0.15, 0.2) is 0 Å². The second kappa shape index (κ2) is 9.25. The summed E-state index contributed by atoms with van der Waals surface area (Å²) in [4.78, 5) is 16.7.